The number of nitrogens with zero attached hydrogens (tertiary/aromatic N) is 4. The maximum atomic E-state index is 12.8. The molecule has 0 radical (unpaired) electrons. The Kier molecular flexibility index (Phi) is 5.08. The molecular formula is C20H22N4O2. The Morgan fingerprint density at radius 2 is 1.92 bits per heavy atom. The number of anilines is 1. The number of aromatic nitrogens is 1. The molecule has 134 valence electrons. The average molecular weight is 350 g/mol. The van der Waals surface area contributed by atoms with Crippen LogP contribution in [0.4, 0.5) is 5.82 Å². The van der Waals surface area contributed by atoms with Crippen LogP contribution in [0.3, 0.4) is 0 Å². The van der Waals surface area contributed by atoms with Crippen molar-refractivity contribution in [3.63, 3.8) is 0 Å². The van der Waals surface area contributed by atoms with Gasteiger partial charge in [-0.2, -0.15) is 5.26 Å². The molecule has 26 heavy (non-hydrogen) atoms. The molecule has 6 nitrogen and oxygen atoms in total. The number of aromatic hydroxyl groups is 1. The Morgan fingerprint density at radius 3 is 2.50 bits per heavy atom. The van der Waals surface area contributed by atoms with Gasteiger partial charge in [-0.1, -0.05) is 19.9 Å². The molecule has 1 aromatic carbocycles. The maximum absolute atomic E-state index is 12.8. The summed E-state index contributed by atoms with van der Waals surface area (Å²) in [5.41, 5.74) is 1.93. The van der Waals surface area contributed by atoms with Gasteiger partial charge in [0.05, 0.1) is 11.1 Å². The first-order chi connectivity index (χ1) is 12.5. The van der Waals surface area contributed by atoms with Crippen LogP contribution in [0.5, 0.6) is 5.75 Å². The number of amides is 1. The Morgan fingerprint density at radius 1 is 1.19 bits per heavy atom. The number of carbonyl (C=O) groups excluding carboxylic acids is 1. The fraction of sp³-hybridized carbons (Fsp3) is 0.350. The van der Waals surface area contributed by atoms with Crippen LogP contribution in [0.2, 0.25) is 0 Å². The quantitative estimate of drug-likeness (QED) is 0.921. The summed E-state index contributed by atoms with van der Waals surface area (Å²) in [6, 6.07) is 10.9. The first-order valence-electron chi connectivity index (χ1n) is 8.73. The summed E-state index contributed by atoms with van der Waals surface area (Å²) in [5.74, 6) is 0.982. The van der Waals surface area contributed by atoms with E-state index in [-0.39, 0.29) is 11.7 Å². The van der Waals surface area contributed by atoms with Crippen molar-refractivity contribution in [3.05, 3.63) is 53.2 Å². The highest BCUT2D eigenvalue weighted by atomic mass is 16.3. The van der Waals surface area contributed by atoms with Crippen molar-refractivity contribution in [2.75, 3.05) is 31.1 Å². The van der Waals surface area contributed by atoms with Gasteiger partial charge in [0.2, 0.25) is 0 Å². The van der Waals surface area contributed by atoms with E-state index >= 15 is 0 Å². The number of hydrogen-bond donors (Lipinski definition) is 1. The van der Waals surface area contributed by atoms with Crippen LogP contribution in [-0.4, -0.2) is 47.1 Å². The van der Waals surface area contributed by atoms with Crippen molar-refractivity contribution in [1.82, 2.24) is 9.88 Å². The van der Waals surface area contributed by atoms with Crippen molar-refractivity contribution >= 4 is 11.7 Å². The minimum atomic E-state index is -0.141. The highest BCUT2D eigenvalue weighted by Gasteiger charge is 2.25. The number of phenols is 1. The third kappa shape index (κ3) is 3.62. The molecule has 0 atom stereocenters. The van der Waals surface area contributed by atoms with Crippen LogP contribution >= 0.6 is 0 Å². The summed E-state index contributed by atoms with van der Waals surface area (Å²) < 4.78 is 0. The second kappa shape index (κ2) is 7.44. The largest absolute Gasteiger partial charge is 0.507 e. The molecule has 1 aromatic heterocycles. The second-order valence-electron chi connectivity index (χ2n) is 6.73. The molecule has 0 unspecified atom stereocenters. The second-order valence-corrected chi connectivity index (χ2v) is 6.73. The van der Waals surface area contributed by atoms with Crippen LogP contribution in [-0.2, 0) is 0 Å². The van der Waals surface area contributed by atoms with Crippen LogP contribution in [0, 0.1) is 11.3 Å². The number of phenolic OH excluding ortho intramolecular Hbond substituents is 1. The molecule has 2 aromatic rings. The lowest BCUT2D eigenvalue weighted by Gasteiger charge is -2.35. The van der Waals surface area contributed by atoms with Gasteiger partial charge in [0, 0.05) is 32.4 Å². The molecule has 0 aliphatic carbocycles. The van der Waals surface area contributed by atoms with E-state index in [4.69, 9.17) is 5.26 Å². The summed E-state index contributed by atoms with van der Waals surface area (Å²) in [4.78, 5) is 21.0. The van der Waals surface area contributed by atoms with Crippen LogP contribution in [0.25, 0.3) is 0 Å². The number of nitriles is 1. The summed E-state index contributed by atoms with van der Waals surface area (Å²) in [5, 5.41) is 19.0. The molecule has 1 N–H and O–H groups in total. The lowest BCUT2D eigenvalue weighted by atomic mass is 9.99. The van der Waals surface area contributed by atoms with Gasteiger partial charge in [0.25, 0.3) is 5.91 Å². The molecular weight excluding hydrogens is 328 g/mol. The SMILES string of the molecule is CC(C)c1ccc(O)c(C(=O)N2CCN(c3ccc(C#N)cn3)CC2)c1. The Bertz CT molecular complexity index is 832. The first-order valence-corrected chi connectivity index (χ1v) is 8.73. The fourth-order valence-corrected chi connectivity index (χ4v) is 3.03. The predicted octanol–water partition coefficient (Wildman–Crippen LogP) is 2.74. The molecule has 1 saturated heterocycles. The van der Waals surface area contributed by atoms with Gasteiger partial charge in [0.15, 0.2) is 0 Å². The summed E-state index contributed by atoms with van der Waals surface area (Å²) in [6.45, 7) is 6.57. The highest BCUT2D eigenvalue weighted by molar-refractivity contribution is 5.97. The lowest BCUT2D eigenvalue weighted by molar-refractivity contribution is 0.0743. The minimum absolute atomic E-state index is 0.0237. The number of pyridine rings is 1. The Labute approximate surface area is 153 Å². The van der Waals surface area contributed by atoms with Gasteiger partial charge in [-0.15, -0.1) is 0 Å². The van der Waals surface area contributed by atoms with Crippen molar-refractivity contribution in [1.29, 1.82) is 5.26 Å². The molecule has 6 heteroatoms. The third-order valence-corrected chi connectivity index (χ3v) is 4.69. The molecule has 0 spiro atoms. The molecule has 2 heterocycles. The maximum Gasteiger partial charge on any atom is 0.257 e. The number of carbonyl (C=O) groups is 1. The lowest BCUT2D eigenvalue weighted by Crippen LogP contribution is -2.49. The Hall–Kier alpha value is -3.07. The van der Waals surface area contributed by atoms with Crippen molar-refractivity contribution in [2.45, 2.75) is 19.8 Å². The highest BCUT2D eigenvalue weighted by Crippen LogP contribution is 2.25. The zero-order chi connectivity index (χ0) is 18.7. The van der Waals surface area contributed by atoms with E-state index in [2.05, 4.69) is 29.8 Å². The van der Waals surface area contributed by atoms with E-state index in [1.165, 1.54) is 0 Å². The number of piperazine rings is 1. The standard InChI is InChI=1S/C20H22N4O2/c1-14(2)16-4-5-18(25)17(11-16)20(26)24-9-7-23(8-10-24)19-6-3-15(12-21)13-22-19/h3-6,11,13-14,25H,7-10H2,1-2H3. The van der Waals surface area contributed by atoms with E-state index < -0.39 is 0 Å². The van der Waals surface area contributed by atoms with Crippen molar-refractivity contribution < 1.29 is 9.90 Å². The van der Waals surface area contributed by atoms with E-state index in [0.29, 0.717) is 43.2 Å². The van der Waals surface area contributed by atoms with Crippen molar-refractivity contribution in [3.8, 4) is 11.8 Å². The molecule has 0 saturated carbocycles. The number of rotatable bonds is 3. The van der Waals surface area contributed by atoms with Gasteiger partial charge < -0.3 is 14.9 Å². The minimum Gasteiger partial charge on any atom is -0.507 e. The van der Waals surface area contributed by atoms with Gasteiger partial charge in [-0.25, -0.2) is 4.98 Å². The molecule has 0 bridgehead atoms. The smallest absolute Gasteiger partial charge is 0.257 e. The number of hydrogen-bond acceptors (Lipinski definition) is 5. The number of benzene rings is 1. The van der Waals surface area contributed by atoms with E-state index in [0.717, 1.165) is 11.4 Å². The Balaban J connectivity index is 1.68. The third-order valence-electron chi connectivity index (χ3n) is 4.69. The van der Waals surface area contributed by atoms with Gasteiger partial charge >= 0.3 is 0 Å². The molecule has 1 amide bonds. The predicted molar refractivity (Wildman–Crippen MR) is 99.3 cm³/mol. The zero-order valence-corrected chi connectivity index (χ0v) is 15.0. The van der Waals surface area contributed by atoms with Gasteiger partial charge in [-0.3, -0.25) is 4.79 Å². The van der Waals surface area contributed by atoms with Crippen molar-refractivity contribution in [2.24, 2.45) is 0 Å². The van der Waals surface area contributed by atoms with E-state index in [1.807, 2.05) is 12.1 Å². The summed E-state index contributed by atoms with van der Waals surface area (Å²) in [7, 11) is 0. The van der Waals surface area contributed by atoms with Crippen LogP contribution in [0.15, 0.2) is 36.5 Å². The average Bonchev–Trinajstić information content (AvgIpc) is 2.68. The summed E-state index contributed by atoms with van der Waals surface area (Å²) in [6.07, 6.45) is 1.56. The van der Waals surface area contributed by atoms with Crippen LogP contribution < -0.4 is 4.90 Å². The fourth-order valence-electron chi connectivity index (χ4n) is 3.03. The molecule has 1 aliphatic heterocycles. The first kappa shape index (κ1) is 17.7. The van der Waals surface area contributed by atoms with E-state index in [1.54, 1.807) is 29.3 Å². The molecule has 3 rings (SSSR count). The summed E-state index contributed by atoms with van der Waals surface area (Å²) >= 11 is 0. The van der Waals surface area contributed by atoms with Gasteiger partial charge in [0.1, 0.15) is 17.6 Å². The monoisotopic (exact) mass is 350 g/mol. The zero-order valence-electron chi connectivity index (χ0n) is 15.0. The van der Waals surface area contributed by atoms with Crippen LogP contribution in [0.1, 0.15) is 41.3 Å². The topological polar surface area (TPSA) is 80.5 Å². The molecule has 1 fully saturated rings. The molecule has 1 aliphatic rings. The van der Waals surface area contributed by atoms with E-state index in [9.17, 15) is 9.90 Å². The van der Waals surface area contributed by atoms with Gasteiger partial charge in [-0.05, 0) is 35.7 Å². The normalized spacial score (nSPS) is 14.4.